The highest BCUT2D eigenvalue weighted by Crippen LogP contribution is 2.10. The van der Waals surface area contributed by atoms with Crippen molar-refractivity contribution in [2.24, 2.45) is 0 Å². The van der Waals surface area contributed by atoms with Crippen LogP contribution in [-0.2, 0) is 0 Å². The third-order valence-electron chi connectivity index (χ3n) is 3.96. The molecule has 1 aliphatic carbocycles. The topological polar surface area (TPSA) is 0 Å². The van der Waals surface area contributed by atoms with Crippen LogP contribution in [0.25, 0.3) is 0 Å². The molecule has 0 aromatic rings. The van der Waals surface area contributed by atoms with E-state index in [1.807, 2.05) is 0 Å². The summed E-state index contributed by atoms with van der Waals surface area (Å²) in [5.74, 6) is 13.4. The molecule has 0 heterocycles. The average molecular weight is 272 g/mol. The number of rotatable bonds is 0. The molecule has 0 aromatic heterocycles. The van der Waals surface area contributed by atoms with Crippen molar-refractivity contribution in [3.8, 4) is 23.7 Å². The second-order valence-electron chi connectivity index (χ2n) is 5.95. The van der Waals surface area contributed by atoms with Crippen molar-refractivity contribution in [2.45, 2.75) is 103 Å². The van der Waals surface area contributed by atoms with Gasteiger partial charge in [0.1, 0.15) is 0 Å². The molecule has 1 rings (SSSR count). The fraction of sp³-hybridized carbons (Fsp3) is 0.800. The molecule has 0 aliphatic heterocycles. The van der Waals surface area contributed by atoms with Gasteiger partial charge < -0.3 is 0 Å². The molecule has 0 heteroatoms. The Morgan fingerprint density at radius 2 is 0.450 bits per heavy atom. The Kier molecular flexibility index (Phi) is 12.5. The molecule has 0 atom stereocenters. The zero-order valence-electron chi connectivity index (χ0n) is 13.3. The lowest BCUT2D eigenvalue weighted by atomic mass is 10.1. The van der Waals surface area contributed by atoms with Crippen LogP contribution in [0, 0.1) is 23.7 Å². The first kappa shape index (κ1) is 17.2. The van der Waals surface area contributed by atoms with Gasteiger partial charge in [-0.05, 0) is 25.7 Å². The summed E-state index contributed by atoms with van der Waals surface area (Å²) in [4.78, 5) is 0. The maximum absolute atomic E-state index is 3.34. The summed E-state index contributed by atoms with van der Waals surface area (Å²) >= 11 is 0. The Bertz CT molecular complexity index is 255. The van der Waals surface area contributed by atoms with Crippen molar-refractivity contribution >= 4 is 0 Å². The van der Waals surface area contributed by atoms with Gasteiger partial charge in [-0.1, -0.05) is 51.4 Å². The summed E-state index contributed by atoms with van der Waals surface area (Å²) in [5, 5.41) is 0. The van der Waals surface area contributed by atoms with Crippen molar-refractivity contribution in [2.75, 3.05) is 0 Å². The number of hydrogen-bond acceptors (Lipinski definition) is 0. The van der Waals surface area contributed by atoms with E-state index < -0.39 is 0 Å². The molecule has 0 unspecified atom stereocenters. The van der Waals surface area contributed by atoms with Gasteiger partial charge in [0.05, 0.1) is 0 Å². The first-order valence-corrected chi connectivity index (χ1v) is 8.91. The van der Waals surface area contributed by atoms with Gasteiger partial charge in [0.2, 0.25) is 0 Å². The third kappa shape index (κ3) is 12.2. The first-order valence-electron chi connectivity index (χ1n) is 8.91. The molecule has 0 bridgehead atoms. The summed E-state index contributed by atoms with van der Waals surface area (Å²) in [5.41, 5.74) is 0. The predicted octanol–water partition coefficient (Wildman–Crippen LogP) is 6.25. The van der Waals surface area contributed by atoms with Crippen LogP contribution in [0.15, 0.2) is 0 Å². The van der Waals surface area contributed by atoms with Crippen molar-refractivity contribution in [1.29, 1.82) is 0 Å². The van der Waals surface area contributed by atoms with E-state index in [0.717, 1.165) is 25.7 Å². The Balaban J connectivity index is 2.14. The fourth-order valence-electron chi connectivity index (χ4n) is 2.62. The molecule has 0 N–H and O–H groups in total. The zero-order valence-corrected chi connectivity index (χ0v) is 13.3. The van der Waals surface area contributed by atoms with E-state index in [2.05, 4.69) is 23.7 Å². The van der Waals surface area contributed by atoms with Gasteiger partial charge in [-0.2, -0.15) is 0 Å². The lowest BCUT2D eigenvalue weighted by molar-refractivity contribution is 0.600. The minimum atomic E-state index is 1.12. The molecule has 0 spiro atoms. The van der Waals surface area contributed by atoms with E-state index in [9.17, 15) is 0 Å². The fourth-order valence-corrected chi connectivity index (χ4v) is 2.62. The van der Waals surface area contributed by atoms with E-state index in [4.69, 9.17) is 0 Å². The maximum Gasteiger partial charge on any atom is 0.00886 e. The van der Waals surface area contributed by atoms with E-state index in [0.29, 0.717) is 0 Å². The van der Waals surface area contributed by atoms with Crippen LogP contribution in [0.1, 0.15) is 103 Å². The SMILES string of the molecule is C1#CCCCCCCCCC#CCCCCCCCC1. The molecule has 0 saturated carbocycles. The lowest BCUT2D eigenvalue weighted by Crippen LogP contribution is -1.81. The Morgan fingerprint density at radius 1 is 0.250 bits per heavy atom. The van der Waals surface area contributed by atoms with Crippen molar-refractivity contribution in [1.82, 2.24) is 0 Å². The molecule has 1 aliphatic rings. The lowest BCUT2D eigenvalue weighted by Gasteiger charge is -1.99. The predicted molar refractivity (Wildman–Crippen MR) is 89.4 cm³/mol. The highest BCUT2D eigenvalue weighted by Gasteiger charge is 1.92. The van der Waals surface area contributed by atoms with Crippen LogP contribution >= 0.6 is 0 Å². The third-order valence-corrected chi connectivity index (χ3v) is 3.96. The van der Waals surface area contributed by atoms with E-state index in [-0.39, 0.29) is 0 Å². The second-order valence-corrected chi connectivity index (χ2v) is 5.95. The minimum Gasteiger partial charge on any atom is -0.103 e. The van der Waals surface area contributed by atoms with Crippen molar-refractivity contribution in [3.05, 3.63) is 0 Å². The smallest absolute Gasteiger partial charge is 0.00886 e. The van der Waals surface area contributed by atoms with Crippen LogP contribution < -0.4 is 0 Å². The standard InChI is InChI=1S/C20H32/c1-2-4-6-8-10-12-14-16-18-20-19-17-15-13-11-9-7-5-3-1/h1-8,13-20H2. The van der Waals surface area contributed by atoms with Gasteiger partial charge in [-0.15, -0.1) is 23.7 Å². The van der Waals surface area contributed by atoms with Gasteiger partial charge in [0.15, 0.2) is 0 Å². The van der Waals surface area contributed by atoms with Crippen LogP contribution in [0.3, 0.4) is 0 Å². The van der Waals surface area contributed by atoms with Crippen molar-refractivity contribution < 1.29 is 0 Å². The molecular formula is C20H32. The van der Waals surface area contributed by atoms with Gasteiger partial charge in [-0.3, -0.25) is 0 Å². The summed E-state index contributed by atoms with van der Waals surface area (Å²) in [6, 6.07) is 0. The summed E-state index contributed by atoms with van der Waals surface area (Å²) in [6.45, 7) is 0. The molecule has 0 fully saturated rings. The van der Waals surface area contributed by atoms with Crippen LogP contribution in [0.4, 0.5) is 0 Å². The Hall–Kier alpha value is -0.880. The highest BCUT2D eigenvalue weighted by atomic mass is 14.0. The van der Waals surface area contributed by atoms with Crippen LogP contribution in [0.5, 0.6) is 0 Å². The minimum absolute atomic E-state index is 1.12. The van der Waals surface area contributed by atoms with Crippen LogP contribution in [0.2, 0.25) is 0 Å². The molecular weight excluding hydrogens is 240 g/mol. The molecule has 0 radical (unpaired) electrons. The maximum atomic E-state index is 3.34. The molecule has 0 saturated heterocycles. The summed E-state index contributed by atoms with van der Waals surface area (Å²) in [6.07, 6.45) is 20.6. The molecule has 112 valence electrons. The number of hydrogen-bond donors (Lipinski definition) is 0. The van der Waals surface area contributed by atoms with Gasteiger partial charge in [0, 0.05) is 25.7 Å². The first-order chi connectivity index (χ1) is 10.0. The summed E-state index contributed by atoms with van der Waals surface area (Å²) in [7, 11) is 0. The second kappa shape index (κ2) is 14.5. The average Bonchev–Trinajstić information content (AvgIpc) is 2.46. The van der Waals surface area contributed by atoms with E-state index >= 15 is 0 Å². The van der Waals surface area contributed by atoms with Crippen molar-refractivity contribution in [3.63, 3.8) is 0 Å². The quantitative estimate of drug-likeness (QED) is 0.457. The van der Waals surface area contributed by atoms with E-state index in [1.54, 1.807) is 0 Å². The van der Waals surface area contributed by atoms with Gasteiger partial charge >= 0.3 is 0 Å². The summed E-state index contributed by atoms with van der Waals surface area (Å²) < 4.78 is 0. The molecule has 20 heavy (non-hydrogen) atoms. The Morgan fingerprint density at radius 3 is 0.700 bits per heavy atom. The van der Waals surface area contributed by atoms with Crippen LogP contribution in [-0.4, -0.2) is 0 Å². The largest absolute Gasteiger partial charge is 0.103 e. The zero-order chi connectivity index (χ0) is 14.1. The van der Waals surface area contributed by atoms with E-state index in [1.165, 1.54) is 77.0 Å². The van der Waals surface area contributed by atoms with Gasteiger partial charge in [0.25, 0.3) is 0 Å². The highest BCUT2D eigenvalue weighted by molar-refractivity contribution is 4.99. The molecule has 0 nitrogen and oxygen atoms in total. The molecule has 0 amide bonds. The Labute approximate surface area is 127 Å². The monoisotopic (exact) mass is 272 g/mol. The normalized spacial score (nSPS) is 20.8. The van der Waals surface area contributed by atoms with Gasteiger partial charge in [-0.25, -0.2) is 0 Å². The molecule has 0 aromatic carbocycles.